The van der Waals surface area contributed by atoms with Crippen molar-refractivity contribution in [3.8, 4) is 5.75 Å². The standard InChI is InChI=1S/C11H10ClNO/c1-7-8-4-3-5-10(14-2)11(8)13-6-9(7)12/h3-6H,1-2H3. The van der Waals surface area contributed by atoms with Gasteiger partial charge in [0.2, 0.25) is 0 Å². The van der Waals surface area contributed by atoms with Crippen molar-refractivity contribution in [1.29, 1.82) is 0 Å². The zero-order valence-electron chi connectivity index (χ0n) is 8.04. The van der Waals surface area contributed by atoms with Crippen LogP contribution in [0.5, 0.6) is 5.75 Å². The molecule has 2 nitrogen and oxygen atoms in total. The van der Waals surface area contributed by atoms with Gasteiger partial charge in [-0.2, -0.15) is 0 Å². The van der Waals surface area contributed by atoms with Gasteiger partial charge in [0.05, 0.1) is 12.1 Å². The van der Waals surface area contributed by atoms with Gasteiger partial charge >= 0.3 is 0 Å². The molecule has 0 N–H and O–H groups in total. The maximum Gasteiger partial charge on any atom is 0.145 e. The maximum atomic E-state index is 5.98. The highest BCUT2D eigenvalue weighted by atomic mass is 35.5. The van der Waals surface area contributed by atoms with Crippen molar-refractivity contribution in [3.63, 3.8) is 0 Å². The average Bonchev–Trinajstić information content (AvgIpc) is 2.23. The molecule has 0 atom stereocenters. The molecule has 2 aromatic rings. The van der Waals surface area contributed by atoms with Gasteiger partial charge in [-0.1, -0.05) is 23.7 Å². The molecule has 0 amide bonds. The van der Waals surface area contributed by atoms with E-state index in [1.165, 1.54) is 0 Å². The highest BCUT2D eigenvalue weighted by Gasteiger charge is 2.06. The average molecular weight is 208 g/mol. The molecule has 0 radical (unpaired) electrons. The van der Waals surface area contributed by atoms with E-state index in [4.69, 9.17) is 16.3 Å². The van der Waals surface area contributed by atoms with E-state index < -0.39 is 0 Å². The molecule has 0 saturated heterocycles. The summed E-state index contributed by atoms with van der Waals surface area (Å²) < 4.78 is 5.22. The predicted molar refractivity (Wildman–Crippen MR) is 58.0 cm³/mol. The van der Waals surface area contributed by atoms with E-state index in [1.807, 2.05) is 25.1 Å². The number of benzene rings is 1. The number of hydrogen-bond donors (Lipinski definition) is 0. The lowest BCUT2D eigenvalue weighted by Crippen LogP contribution is -1.89. The van der Waals surface area contributed by atoms with Crippen molar-refractivity contribution >= 4 is 22.5 Å². The fourth-order valence-electron chi connectivity index (χ4n) is 1.47. The van der Waals surface area contributed by atoms with E-state index in [9.17, 15) is 0 Å². The van der Waals surface area contributed by atoms with Gasteiger partial charge < -0.3 is 4.74 Å². The first-order valence-corrected chi connectivity index (χ1v) is 4.69. The molecule has 0 saturated carbocycles. The third-order valence-electron chi connectivity index (χ3n) is 2.29. The molecule has 14 heavy (non-hydrogen) atoms. The second-order valence-corrected chi connectivity index (χ2v) is 3.49. The van der Waals surface area contributed by atoms with Crippen LogP contribution in [0.2, 0.25) is 5.02 Å². The number of rotatable bonds is 1. The van der Waals surface area contributed by atoms with E-state index in [1.54, 1.807) is 13.3 Å². The number of para-hydroxylation sites is 1. The number of fused-ring (bicyclic) bond motifs is 1. The number of nitrogens with zero attached hydrogens (tertiary/aromatic N) is 1. The monoisotopic (exact) mass is 207 g/mol. The first-order chi connectivity index (χ1) is 6.74. The summed E-state index contributed by atoms with van der Waals surface area (Å²) in [7, 11) is 1.64. The molecule has 0 spiro atoms. The number of halogens is 1. The van der Waals surface area contributed by atoms with Crippen LogP contribution in [0, 0.1) is 6.92 Å². The Hall–Kier alpha value is -1.28. The second kappa shape index (κ2) is 3.46. The lowest BCUT2D eigenvalue weighted by molar-refractivity contribution is 0.419. The van der Waals surface area contributed by atoms with Crippen LogP contribution < -0.4 is 4.74 Å². The number of pyridine rings is 1. The zero-order valence-corrected chi connectivity index (χ0v) is 8.80. The first kappa shape index (κ1) is 9.28. The number of aromatic nitrogens is 1. The Bertz CT molecular complexity index is 482. The molecule has 2 rings (SSSR count). The summed E-state index contributed by atoms with van der Waals surface area (Å²) in [5.74, 6) is 0.780. The highest BCUT2D eigenvalue weighted by Crippen LogP contribution is 2.28. The van der Waals surface area contributed by atoms with Gasteiger partial charge in [-0.3, -0.25) is 4.98 Å². The minimum absolute atomic E-state index is 0.686. The fourth-order valence-corrected chi connectivity index (χ4v) is 1.62. The fraction of sp³-hybridized carbons (Fsp3) is 0.182. The summed E-state index contributed by atoms with van der Waals surface area (Å²) in [5.41, 5.74) is 1.90. The lowest BCUT2D eigenvalue weighted by Gasteiger charge is -2.06. The number of hydrogen-bond acceptors (Lipinski definition) is 2. The van der Waals surface area contributed by atoms with E-state index >= 15 is 0 Å². The van der Waals surface area contributed by atoms with E-state index in [0.717, 1.165) is 22.2 Å². The molecule has 1 aromatic carbocycles. The normalized spacial score (nSPS) is 10.5. The zero-order chi connectivity index (χ0) is 10.1. The minimum atomic E-state index is 0.686. The molecule has 0 aliphatic rings. The molecule has 0 unspecified atom stereocenters. The van der Waals surface area contributed by atoms with Crippen molar-refractivity contribution in [3.05, 3.63) is 35.0 Å². The van der Waals surface area contributed by atoms with Crippen LogP contribution in [0.25, 0.3) is 10.9 Å². The molecule has 72 valence electrons. The summed E-state index contributed by atoms with van der Waals surface area (Å²) in [6.45, 7) is 1.98. The van der Waals surface area contributed by atoms with Crippen LogP contribution in [-0.4, -0.2) is 12.1 Å². The summed E-state index contributed by atoms with van der Waals surface area (Å²) in [4.78, 5) is 4.26. The van der Waals surface area contributed by atoms with Crippen LogP contribution in [0.1, 0.15) is 5.56 Å². The summed E-state index contributed by atoms with van der Waals surface area (Å²) in [6, 6.07) is 5.82. The Morgan fingerprint density at radius 3 is 2.86 bits per heavy atom. The Morgan fingerprint density at radius 2 is 2.14 bits per heavy atom. The van der Waals surface area contributed by atoms with E-state index in [0.29, 0.717) is 5.02 Å². The van der Waals surface area contributed by atoms with Gasteiger partial charge in [-0.05, 0) is 18.6 Å². The molecular weight excluding hydrogens is 198 g/mol. The molecule has 0 aliphatic heterocycles. The quantitative estimate of drug-likeness (QED) is 0.717. The predicted octanol–water partition coefficient (Wildman–Crippen LogP) is 3.21. The summed E-state index contributed by atoms with van der Waals surface area (Å²) in [5, 5.41) is 1.72. The minimum Gasteiger partial charge on any atom is -0.494 e. The van der Waals surface area contributed by atoms with Crippen LogP contribution in [0.4, 0.5) is 0 Å². The molecule has 1 heterocycles. The maximum absolute atomic E-state index is 5.98. The highest BCUT2D eigenvalue weighted by molar-refractivity contribution is 6.32. The van der Waals surface area contributed by atoms with Gasteiger partial charge in [0.1, 0.15) is 11.3 Å². The number of aryl methyl sites for hydroxylation is 1. The van der Waals surface area contributed by atoms with E-state index in [-0.39, 0.29) is 0 Å². The summed E-state index contributed by atoms with van der Waals surface area (Å²) >= 11 is 5.98. The van der Waals surface area contributed by atoms with Crippen molar-refractivity contribution in [2.45, 2.75) is 6.92 Å². The van der Waals surface area contributed by atoms with Gasteiger partial charge in [0, 0.05) is 11.6 Å². The van der Waals surface area contributed by atoms with Gasteiger partial charge in [-0.25, -0.2) is 0 Å². The molecular formula is C11H10ClNO. The third-order valence-corrected chi connectivity index (χ3v) is 2.67. The van der Waals surface area contributed by atoms with Gasteiger partial charge in [0.15, 0.2) is 0 Å². The third kappa shape index (κ3) is 1.32. The van der Waals surface area contributed by atoms with Crippen LogP contribution in [0.3, 0.4) is 0 Å². The molecule has 0 fully saturated rings. The largest absolute Gasteiger partial charge is 0.494 e. The molecule has 1 aromatic heterocycles. The Morgan fingerprint density at radius 1 is 1.36 bits per heavy atom. The number of ether oxygens (including phenoxy) is 1. The van der Waals surface area contributed by atoms with Gasteiger partial charge in [-0.15, -0.1) is 0 Å². The van der Waals surface area contributed by atoms with Crippen molar-refractivity contribution in [1.82, 2.24) is 4.98 Å². The van der Waals surface area contributed by atoms with Gasteiger partial charge in [0.25, 0.3) is 0 Å². The van der Waals surface area contributed by atoms with Crippen LogP contribution in [-0.2, 0) is 0 Å². The second-order valence-electron chi connectivity index (χ2n) is 3.09. The Kier molecular flexibility index (Phi) is 2.30. The van der Waals surface area contributed by atoms with Crippen LogP contribution >= 0.6 is 11.6 Å². The van der Waals surface area contributed by atoms with E-state index in [2.05, 4.69) is 4.98 Å². The first-order valence-electron chi connectivity index (χ1n) is 4.32. The lowest BCUT2D eigenvalue weighted by atomic mass is 10.1. The Balaban J connectivity index is 2.86. The number of methoxy groups -OCH3 is 1. The Labute approximate surface area is 87.5 Å². The van der Waals surface area contributed by atoms with Crippen molar-refractivity contribution in [2.75, 3.05) is 7.11 Å². The molecule has 0 bridgehead atoms. The molecule has 3 heteroatoms. The smallest absolute Gasteiger partial charge is 0.145 e. The van der Waals surface area contributed by atoms with Crippen LogP contribution in [0.15, 0.2) is 24.4 Å². The molecule has 0 aliphatic carbocycles. The summed E-state index contributed by atoms with van der Waals surface area (Å²) in [6.07, 6.45) is 1.65. The SMILES string of the molecule is COc1cccc2c(C)c(Cl)cnc12. The van der Waals surface area contributed by atoms with Crippen molar-refractivity contribution in [2.24, 2.45) is 0 Å². The topological polar surface area (TPSA) is 22.1 Å². The van der Waals surface area contributed by atoms with Crippen molar-refractivity contribution < 1.29 is 4.74 Å².